The Hall–Kier alpha value is -2.77. The number of benzene rings is 3. The quantitative estimate of drug-likeness (QED) is 0.267. The highest BCUT2D eigenvalue weighted by Gasteiger charge is 2.45. The van der Waals surface area contributed by atoms with Gasteiger partial charge in [-0.3, -0.25) is 4.79 Å². The maximum absolute atomic E-state index is 13.7. The van der Waals surface area contributed by atoms with Gasteiger partial charge in [0.2, 0.25) is 0 Å². The summed E-state index contributed by atoms with van der Waals surface area (Å²) in [4.78, 5) is 15.6. The van der Waals surface area contributed by atoms with Crippen LogP contribution in [0.5, 0.6) is 11.5 Å². The molecule has 1 fully saturated rings. The molecule has 6 nitrogen and oxygen atoms in total. The molecule has 4 rings (SSSR count). The van der Waals surface area contributed by atoms with Crippen LogP contribution in [0.1, 0.15) is 49.1 Å². The van der Waals surface area contributed by atoms with Gasteiger partial charge in [-0.2, -0.15) is 0 Å². The highest BCUT2D eigenvalue weighted by atomic mass is 35.5. The predicted octanol–water partition coefficient (Wildman–Crippen LogP) is 7.04. The van der Waals surface area contributed by atoms with Crippen LogP contribution in [-0.4, -0.2) is 43.8 Å². The molecule has 0 spiro atoms. The van der Waals surface area contributed by atoms with E-state index in [4.69, 9.17) is 42.1 Å². The van der Waals surface area contributed by atoms with Crippen molar-refractivity contribution in [1.82, 2.24) is 4.90 Å². The Kier molecular flexibility index (Phi) is 9.55. The monoisotopic (exact) mass is 557 g/mol. The molecule has 4 atom stereocenters. The zero-order valence-electron chi connectivity index (χ0n) is 22.0. The molecule has 0 bridgehead atoms. The summed E-state index contributed by atoms with van der Waals surface area (Å²) in [5.74, 6) is 1.23. The molecule has 3 aromatic carbocycles. The number of carbonyl (C=O) groups excluding carboxylic acids is 1. The first-order valence-electron chi connectivity index (χ1n) is 12.6. The Morgan fingerprint density at radius 1 is 0.921 bits per heavy atom. The Balaban J connectivity index is 1.63. The minimum absolute atomic E-state index is 0.0789. The lowest BCUT2D eigenvalue weighted by Crippen LogP contribution is -2.55. The predicted molar refractivity (Wildman–Crippen MR) is 149 cm³/mol. The fourth-order valence-corrected chi connectivity index (χ4v) is 5.20. The number of methoxy groups -OCH3 is 2. The fourth-order valence-electron chi connectivity index (χ4n) is 4.87. The largest absolute Gasteiger partial charge is 0.493 e. The van der Waals surface area contributed by atoms with Gasteiger partial charge in [0, 0.05) is 10.0 Å². The number of carbonyl (C=O) groups is 1. The summed E-state index contributed by atoms with van der Waals surface area (Å²) in [7, 11) is 3.21. The molecule has 0 unspecified atom stereocenters. The van der Waals surface area contributed by atoms with Crippen molar-refractivity contribution < 1.29 is 23.7 Å². The summed E-state index contributed by atoms with van der Waals surface area (Å²) in [6, 6.07) is 20.3. The van der Waals surface area contributed by atoms with Gasteiger partial charge in [0.15, 0.2) is 11.5 Å². The molecule has 1 amide bonds. The van der Waals surface area contributed by atoms with Gasteiger partial charge in [-0.25, -0.2) is 0 Å². The highest BCUT2D eigenvalue weighted by Crippen LogP contribution is 2.44. The van der Waals surface area contributed by atoms with Crippen LogP contribution < -0.4 is 9.47 Å². The Labute approximate surface area is 234 Å². The van der Waals surface area contributed by atoms with Crippen LogP contribution in [0.3, 0.4) is 0 Å². The average molecular weight is 559 g/mol. The summed E-state index contributed by atoms with van der Waals surface area (Å²) < 4.78 is 23.2. The van der Waals surface area contributed by atoms with Crippen LogP contribution in [0.25, 0.3) is 0 Å². The van der Waals surface area contributed by atoms with Crippen molar-refractivity contribution in [2.45, 2.75) is 51.2 Å². The molecule has 1 aliphatic rings. The molecule has 1 saturated heterocycles. The smallest absolute Gasteiger partial charge is 0.252 e. The molecular weight excluding hydrogens is 525 g/mol. The van der Waals surface area contributed by atoms with Crippen LogP contribution in [0.2, 0.25) is 10.0 Å². The van der Waals surface area contributed by atoms with Crippen molar-refractivity contribution in [2.75, 3.05) is 20.8 Å². The van der Waals surface area contributed by atoms with E-state index in [2.05, 4.69) is 6.92 Å². The Morgan fingerprint density at radius 2 is 1.66 bits per heavy atom. The van der Waals surface area contributed by atoms with Crippen LogP contribution in [-0.2, 0) is 20.9 Å². The van der Waals surface area contributed by atoms with Crippen LogP contribution in [0, 0.1) is 0 Å². The van der Waals surface area contributed by atoms with Crippen molar-refractivity contribution in [2.24, 2.45) is 0 Å². The number of halogens is 2. The summed E-state index contributed by atoms with van der Waals surface area (Å²) in [5, 5.41) is 1.24. The second kappa shape index (κ2) is 12.9. The van der Waals surface area contributed by atoms with Gasteiger partial charge in [0.1, 0.15) is 12.2 Å². The molecule has 1 heterocycles. The molecule has 1 aliphatic heterocycles. The van der Waals surface area contributed by atoms with Crippen molar-refractivity contribution >= 4 is 29.1 Å². The molecular formula is C30H33Cl2NO5. The number of hydrogen-bond acceptors (Lipinski definition) is 5. The van der Waals surface area contributed by atoms with Gasteiger partial charge in [-0.05, 0) is 66.4 Å². The van der Waals surface area contributed by atoms with Gasteiger partial charge in [-0.1, -0.05) is 60.5 Å². The Morgan fingerprint density at radius 3 is 2.32 bits per heavy atom. The topological polar surface area (TPSA) is 57.2 Å². The van der Waals surface area contributed by atoms with Crippen molar-refractivity contribution in [3.63, 3.8) is 0 Å². The molecule has 202 valence electrons. The standard InChI is InChI=1S/C30H33Cl2NO5/c1-5-25(18-37-17-20-9-14-26(35-3)27(15-20)36-4)33-28(21-10-12-23(31)13-11-21)29(38-19(2)30(33)34)22-7-6-8-24(32)16-22/h6-16,19,25,28-29H,5,17-18H2,1-4H3/t19-,25-,28+,29+/m0/s1. The van der Waals surface area contributed by atoms with E-state index in [0.717, 1.165) is 16.7 Å². The SMILES string of the molecule is CC[C@@H](COCc1ccc(OC)c(OC)c1)N1C(=O)[C@H](C)O[C@H](c2cccc(Cl)c2)[C@H]1c1ccc(Cl)cc1. The van der Waals surface area contributed by atoms with Gasteiger partial charge in [0.25, 0.3) is 5.91 Å². The van der Waals surface area contributed by atoms with E-state index < -0.39 is 12.2 Å². The van der Waals surface area contributed by atoms with E-state index in [1.54, 1.807) is 21.1 Å². The summed E-state index contributed by atoms with van der Waals surface area (Å²) in [5.41, 5.74) is 2.78. The third-order valence-corrected chi connectivity index (χ3v) is 7.31. The lowest BCUT2D eigenvalue weighted by atomic mass is 9.90. The second-order valence-corrected chi connectivity index (χ2v) is 10.1. The lowest BCUT2D eigenvalue weighted by molar-refractivity contribution is -0.179. The number of rotatable bonds is 10. The maximum atomic E-state index is 13.7. The Bertz CT molecular complexity index is 1240. The van der Waals surface area contributed by atoms with Gasteiger partial charge >= 0.3 is 0 Å². The summed E-state index contributed by atoms with van der Waals surface area (Å²) in [6.45, 7) is 4.58. The van der Waals surface area contributed by atoms with Gasteiger partial charge in [0.05, 0.1) is 39.5 Å². The van der Waals surface area contributed by atoms with Crippen molar-refractivity contribution in [3.8, 4) is 11.5 Å². The van der Waals surface area contributed by atoms with E-state index in [0.29, 0.717) is 41.2 Å². The minimum atomic E-state index is -0.623. The highest BCUT2D eigenvalue weighted by molar-refractivity contribution is 6.30. The first kappa shape index (κ1) is 28.2. The molecule has 0 saturated carbocycles. The second-order valence-electron chi connectivity index (χ2n) is 9.26. The zero-order valence-corrected chi connectivity index (χ0v) is 23.5. The van der Waals surface area contributed by atoms with E-state index in [1.807, 2.05) is 71.6 Å². The normalized spacial score (nSPS) is 20.3. The van der Waals surface area contributed by atoms with Crippen molar-refractivity contribution in [3.05, 3.63) is 93.5 Å². The van der Waals surface area contributed by atoms with E-state index in [1.165, 1.54) is 0 Å². The lowest BCUT2D eigenvalue weighted by Gasteiger charge is -2.47. The minimum Gasteiger partial charge on any atom is -0.493 e. The van der Waals surface area contributed by atoms with Gasteiger partial charge in [-0.15, -0.1) is 0 Å². The average Bonchev–Trinajstić information content (AvgIpc) is 2.93. The van der Waals surface area contributed by atoms with Crippen molar-refractivity contribution in [1.29, 1.82) is 0 Å². The fraction of sp³-hybridized carbons (Fsp3) is 0.367. The third-order valence-electron chi connectivity index (χ3n) is 6.82. The molecule has 0 aliphatic carbocycles. The summed E-state index contributed by atoms with van der Waals surface area (Å²) in [6.07, 6.45) is -0.332. The molecule has 0 radical (unpaired) electrons. The van der Waals surface area contributed by atoms with Gasteiger partial charge < -0.3 is 23.8 Å². The van der Waals surface area contributed by atoms with Crippen LogP contribution in [0.4, 0.5) is 0 Å². The number of nitrogens with zero attached hydrogens (tertiary/aromatic N) is 1. The van der Waals surface area contributed by atoms with E-state index in [9.17, 15) is 4.79 Å². The first-order valence-corrected chi connectivity index (χ1v) is 13.4. The molecule has 0 aromatic heterocycles. The van der Waals surface area contributed by atoms with Crippen LogP contribution >= 0.6 is 23.2 Å². The molecule has 3 aromatic rings. The third kappa shape index (κ3) is 6.26. The number of morpholine rings is 1. The number of amides is 1. The molecule has 38 heavy (non-hydrogen) atoms. The van der Waals surface area contributed by atoms with Crippen LogP contribution in [0.15, 0.2) is 66.7 Å². The number of hydrogen-bond donors (Lipinski definition) is 0. The molecule has 0 N–H and O–H groups in total. The van der Waals surface area contributed by atoms with E-state index in [-0.39, 0.29) is 18.0 Å². The molecule has 8 heteroatoms. The summed E-state index contributed by atoms with van der Waals surface area (Å²) >= 11 is 12.6. The number of ether oxygens (including phenoxy) is 4. The zero-order chi connectivity index (χ0) is 27.2. The maximum Gasteiger partial charge on any atom is 0.252 e. The first-order chi connectivity index (χ1) is 18.4. The van der Waals surface area contributed by atoms with E-state index >= 15 is 0 Å².